The van der Waals surface area contributed by atoms with E-state index >= 15 is 0 Å². The van der Waals surface area contributed by atoms with E-state index in [4.69, 9.17) is 5.11 Å². The number of aryl methyl sites for hydroxylation is 2. The lowest BCUT2D eigenvalue weighted by atomic mass is 10.0. The number of carboxylic acid groups (broad SMARTS) is 1. The number of rotatable bonds is 3. The minimum atomic E-state index is -4.96. The Bertz CT molecular complexity index is 476. The van der Waals surface area contributed by atoms with Gasteiger partial charge in [0.25, 0.3) is 0 Å². The van der Waals surface area contributed by atoms with E-state index < -0.39 is 17.7 Å². The Balaban J connectivity index is 3.12. The highest BCUT2D eigenvalue weighted by atomic mass is 19.4. The monoisotopic (exact) mass is 263 g/mol. The summed E-state index contributed by atoms with van der Waals surface area (Å²) in [7, 11) is 0. The zero-order valence-electron chi connectivity index (χ0n) is 9.96. The summed E-state index contributed by atoms with van der Waals surface area (Å²) in [5.74, 6) is -2.27. The Morgan fingerprint density at radius 1 is 1.33 bits per heavy atom. The first-order valence-electron chi connectivity index (χ1n) is 4.96. The molecule has 1 unspecified atom stereocenters. The molecule has 0 aliphatic rings. The van der Waals surface area contributed by atoms with Crippen LogP contribution >= 0.6 is 0 Å². The van der Waals surface area contributed by atoms with Crippen LogP contribution in [0.25, 0.3) is 0 Å². The highest BCUT2D eigenvalue weighted by Gasteiger charge is 2.57. The van der Waals surface area contributed by atoms with Gasteiger partial charge in [0, 0.05) is 0 Å². The van der Waals surface area contributed by atoms with Crippen molar-refractivity contribution in [1.29, 1.82) is 0 Å². The van der Waals surface area contributed by atoms with E-state index in [1.54, 1.807) is 13.8 Å². The fourth-order valence-electron chi connectivity index (χ4n) is 1.10. The summed E-state index contributed by atoms with van der Waals surface area (Å²) in [5.41, 5.74) is -2.12. The van der Waals surface area contributed by atoms with Gasteiger partial charge in [-0.2, -0.15) is 13.2 Å². The molecular weight excluding hydrogens is 251 g/mol. The third-order valence-electron chi connectivity index (χ3n) is 2.56. The molecule has 8 heteroatoms. The molecule has 0 saturated carbocycles. The summed E-state index contributed by atoms with van der Waals surface area (Å²) < 4.78 is 38.2. The van der Waals surface area contributed by atoms with Crippen molar-refractivity contribution in [2.45, 2.75) is 32.5 Å². The Kier molecular flexibility index (Phi) is 3.50. The first kappa shape index (κ1) is 14.2. The van der Waals surface area contributed by atoms with Crippen molar-refractivity contribution in [2.75, 3.05) is 5.32 Å². The van der Waals surface area contributed by atoms with E-state index in [0.717, 1.165) is 6.20 Å². The number of carboxylic acids is 1. The number of alkyl halides is 3. The molecule has 0 aliphatic carbocycles. The molecule has 0 aliphatic heterocycles. The first-order chi connectivity index (χ1) is 8.08. The lowest BCUT2D eigenvalue weighted by Crippen LogP contribution is -2.55. The Morgan fingerprint density at radius 3 is 2.28 bits per heavy atom. The molecular formula is C10H12F3N3O2. The summed E-state index contributed by atoms with van der Waals surface area (Å²) in [4.78, 5) is 18.4. The minimum absolute atomic E-state index is 0.236. The van der Waals surface area contributed by atoms with Gasteiger partial charge in [0.15, 0.2) is 0 Å². The second-order valence-corrected chi connectivity index (χ2v) is 3.98. The van der Waals surface area contributed by atoms with E-state index in [-0.39, 0.29) is 5.82 Å². The van der Waals surface area contributed by atoms with Crippen LogP contribution in [0.3, 0.4) is 0 Å². The smallest absolute Gasteiger partial charge is 0.422 e. The van der Waals surface area contributed by atoms with Crippen molar-refractivity contribution >= 4 is 11.8 Å². The first-order valence-corrected chi connectivity index (χ1v) is 4.96. The van der Waals surface area contributed by atoms with E-state index in [1.807, 2.05) is 5.32 Å². The molecule has 1 atom stereocenters. The fraction of sp³-hybridized carbons (Fsp3) is 0.500. The van der Waals surface area contributed by atoms with Gasteiger partial charge in [-0.3, -0.25) is 4.98 Å². The molecule has 5 nitrogen and oxygen atoms in total. The van der Waals surface area contributed by atoms with E-state index in [2.05, 4.69) is 9.97 Å². The molecule has 1 aromatic rings. The van der Waals surface area contributed by atoms with Crippen molar-refractivity contribution < 1.29 is 23.1 Å². The molecule has 0 bridgehead atoms. The van der Waals surface area contributed by atoms with Gasteiger partial charge in [0.2, 0.25) is 5.54 Å². The number of aliphatic carboxylic acids is 1. The van der Waals surface area contributed by atoms with Crippen LogP contribution in [0.15, 0.2) is 6.20 Å². The van der Waals surface area contributed by atoms with Crippen LogP contribution in [-0.2, 0) is 4.79 Å². The highest BCUT2D eigenvalue weighted by Crippen LogP contribution is 2.33. The Morgan fingerprint density at radius 2 is 1.89 bits per heavy atom. The van der Waals surface area contributed by atoms with Gasteiger partial charge in [-0.15, -0.1) is 0 Å². The van der Waals surface area contributed by atoms with Gasteiger partial charge in [-0.1, -0.05) is 0 Å². The zero-order valence-corrected chi connectivity index (χ0v) is 9.96. The summed E-state index contributed by atoms with van der Waals surface area (Å²) in [5, 5.41) is 10.6. The highest BCUT2D eigenvalue weighted by molar-refractivity contribution is 5.83. The number of nitrogens with one attached hydrogen (secondary N) is 1. The normalized spacial score (nSPS) is 15.0. The van der Waals surface area contributed by atoms with Crippen molar-refractivity contribution in [3.05, 3.63) is 17.6 Å². The van der Waals surface area contributed by atoms with E-state index in [0.29, 0.717) is 18.3 Å². The summed E-state index contributed by atoms with van der Waals surface area (Å²) in [6.45, 7) is 3.75. The van der Waals surface area contributed by atoms with Crippen LogP contribution in [0, 0.1) is 13.8 Å². The number of nitrogens with zero attached hydrogens (tertiary/aromatic N) is 2. The standard InChI is InChI=1S/C10H12F3N3O2/c1-5-6(2)15-7(4-14-5)16-9(3,8(17)18)10(11,12)13/h4H,1-3H3,(H,15,16)(H,17,18). The summed E-state index contributed by atoms with van der Waals surface area (Å²) in [6.07, 6.45) is -3.89. The average molecular weight is 263 g/mol. The maximum absolute atomic E-state index is 12.7. The second-order valence-electron chi connectivity index (χ2n) is 3.98. The summed E-state index contributed by atoms with van der Waals surface area (Å²) >= 11 is 0. The Labute approximate surface area is 101 Å². The third kappa shape index (κ3) is 2.52. The van der Waals surface area contributed by atoms with E-state index in [1.165, 1.54) is 0 Å². The minimum Gasteiger partial charge on any atom is -0.479 e. The largest absolute Gasteiger partial charge is 0.479 e. The number of aromatic nitrogens is 2. The quantitative estimate of drug-likeness (QED) is 0.871. The van der Waals surface area contributed by atoms with Gasteiger partial charge in [-0.25, -0.2) is 9.78 Å². The fourth-order valence-corrected chi connectivity index (χ4v) is 1.10. The molecule has 1 rings (SSSR count). The van der Waals surface area contributed by atoms with Gasteiger partial charge >= 0.3 is 12.1 Å². The molecule has 0 aromatic carbocycles. The lowest BCUT2D eigenvalue weighted by molar-refractivity contribution is -0.192. The van der Waals surface area contributed by atoms with Crippen LogP contribution in [0.2, 0.25) is 0 Å². The average Bonchev–Trinajstić information content (AvgIpc) is 2.21. The molecule has 2 N–H and O–H groups in total. The number of carbonyl (C=O) groups is 1. The molecule has 0 radical (unpaired) electrons. The van der Waals surface area contributed by atoms with Crippen LogP contribution < -0.4 is 5.32 Å². The number of hydrogen-bond acceptors (Lipinski definition) is 4. The molecule has 0 spiro atoms. The van der Waals surface area contributed by atoms with Gasteiger partial charge in [0.05, 0.1) is 17.6 Å². The van der Waals surface area contributed by atoms with Crippen molar-refractivity contribution in [1.82, 2.24) is 9.97 Å². The van der Waals surface area contributed by atoms with Crippen molar-refractivity contribution in [3.8, 4) is 0 Å². The third-order valence-corrected chi connectivity index (χ3v) is 2.56. The van der Waals surface area contributed by atoms with Gasteiger partial charge in [0.1, 0.15) is 5.82 Å². The SMILES string of the molecule is Cc1ncc(NC(C)(C(=O)O)C(F)(F)F)nc1C. The topological polar surface area (TPSA) is 75.1 Å². The van der Waals surface area contributed by atoms with Crippen molar-refractivity contribution in [3.63, 3.8) is 0 Å². The number of anilines is 1. The molecule has 0 saturated heterocycles. The summed E-state index contributed by atoms with van der Waals surface area (Å²) in [6, 6.07) is 0. The molecule has 0 amide bonds. The van der Waals surface area contributed by atoms with E-state index in [9.17, 15) is 18.0 Å². The maximum atomic E-state index is 12.7. The molecule has 1 aromatic heterocycles. The van der Waals surface area contributed by atoms with Gasteiger partial charge < -0.3 is 10.4 Å². The van der Waals surface area contributed by atoms with Crippen LogP contribution in [0.5, 0.6) is 0 Å². The van der Waals surface area contributed by atoms with Crippen LogP contribution in [0.1, 0.15) is 18.3 Å². The molecule has 18 heavy (non-hydrogen) atoms. The molecule has 1 heterocycles. The van der Waals surface area contributed by atoms with Crippen molar-refractivity contribution in [2.24, 2.45) is 0 Å². The Hall–Kier alpha value is -1.86. The van der Waals surface area contributed by atoms with Crippen LogP contribution in [0.4, 0.5) is 19.0 Å². The zero-order chi connectivity index (χ0) is 14.1. The van der Waals surface area contributed by atoms with Crippen LogP contribution in [-0.4, -0.2) is 32.8 Å². The van der Waals surface area contributed by atoms with Gasteiger partial charge in [-0.05, 0) is 20.8 Å². The molecule has 0 fully saturated rings. The maximum Gasteiger partial charge on any atom is 0.422 e. The second kappa shape index (κ2) is 4.43. The number of halogens is 3. The molecule has 100 valence electrons. The predicted octanol–water partition coefficient (Wildman–Crippen LogP) is 1.91. The predicted molar refractivity (Wildman–Crippen MR) is 57.2 cm³/mol. The number of hydrogen-bond donors (Lipinski definition) is 2. The lowest BCUT2D eigenvalue weighted by Gasteiger charge is -2.29.